The van der Waals surface area contributed by atoms with Gasteiger partial charge in [0.25, 0.3) is 0 Å². The van der Waals surface area contributed by atoms with Crippen molar-refractivity contribution in [2.75, 3.05) is 6.61 Å². The van der Waals surface area contributed by atoms with Crippen LogP contribution in [0.25, 0.3) is 10.9 Å². The van der Waals surface area contributed by atoms with Crippen molar-refractivity contribution in [2.24, 2.45) is 0 Å². The van der Waals surface area contributed by atoms with Gasteiger partial charge in [0.2, 0.25) is 5.91 Å². The van der Waals surface area contributed by atoms with Gasteiger partial charge in [0.15, 0.2) is 0 Å². The fraction of sp³-hybridized carbons (Fsp3) is 0.438. The van der Waals surface area contributed by atoms with Crippen molar-refractivity contribution >= 4 is 16.8 Å². The third-order valence-corrected chi connectivity index (χ3v) is 3.62. The molecule has 1 unspecified atom stereocenters. The summed E-state index contributed by atoms with van der Waals surface area (Å²) in [5, 5.41) is 13.1. The molecule has 0 saturated carbocycles. The van der Waals surface area contributed by atoms with E-state index < -0.39 is 0 Å². The molecule has 3 N–H and O–H groups in total. The summed E-state index contributed by atoms with van der Waals surface area (Å²) >= 11 is 0. The number of aliphatic hydroxyl groups is 1. The third kappa shape index (κ3) is 3.39. The Bertz CT molecular complexity index is 585. The summed E-state index contributed by atoms with van der Waals surface area (Å²) in [5.41, 5.74) is 3.48. The molecule has 0 saturated heterocycles. The highest BCUT2D eigenvalue weighted by molar-refractivity contribution is 5.84. The Balaban J connectivity index is 1.99. The number of amides is 1. The molecule has 4 nitrogen and oxygen atoms in total. The number of H-pyrrole nitrogens is 1. The number of carbonyl (C=O) groups excluding carboxylic acids is 1. The van der Waals surface area contributed by atoms with Gasteiger partial charge in [0.05, 0.1) is 12.6 Å². The van der Waals surface area contributed by atoms with Crippen LogP contribution in [-0.2, 0) is 11.2 Å². The average Bonchev–Trinajstić information content (AvgIpc) is 2.84. The van der Waals surface area contributed by atoms with Gasteiger partial charge >= 0.3 is 0 Å². The van der Waals surface area contributed by atoms with Crippen LogP contribution in [-0.4, -0.2) is 28.6 Å². The molecule has 2 rings (SSSR count). The van der Waals surface area contributed by atoms with Crippen LogP contribution >= 0.6 is 0 Å². The number of aromatic amines is 1. The van der Waals surface area contributed by atoms with Gasteiger partial charge in [-0.25, -0.2) is 0 Å². The second kappa shape index (κ2) is 6.57. The molecule has 108 valence electrons. The first-order chi connectivity index (χ1) is 9.63. The Morgan fingerprint density at radius 2 is 2.25 bits per heavy atom. The highest BCUT2D eigenvalue weighted by Gasteiger charge is 2.10. The number of aromatic nitrogens is 1. The summed E-state index contributed by atoms with van der Waals surface area (Å²) in [6.07, 6.45) is 3.86. The molecule has 0 bridgehead atoms. The zero-order valence-corrected chi connectivity index (χ0v) is 12.1. The van der Waals surface area contributed by atoms with Crippen molar-refractivity contribution < 1.29 is 9.90 Å². The standard InChI is InChI=1S/C16H22N2O2/c1-3-13(10-19)18-16(20)7-5-12-9-17-15-6-4-11(2)8-14(12)15/h4,6,8-9,13,17,19H,3,5,7,10H2,1-2H3,(H,18,20). The van der Waals surface area contributed by atoms with E-state index in [1.165, 1.54) is 10.9 Å². The monoisotopic (exact) mass is 274 g/mol. The van der Waals surface area contributed by atoms with Crippen molar-refractivity contribution in [3.63, 3.8) is 0 Å². The van der Waals surface area contributed by atoms with Crippen LogP contribution in [0.15, 0.2) is 24.4 Å². The van der Waals surface area contributed by atoms with E-state index in [-0.39, 0.29) is 18.6 Å². The minimum Gasteiger partial charge on any atom is -0.394 e. The number of benzene rings is 1. The minimum absolute atomic E-state index is 0.00544. The van der Waals surface area contributed by atoms with E-state index in [2.05, 4.69) is 35.4 Å². The lowest BCUT2D eigenvalue weighted by Gasteiger charge is -2.13. The smallest absolute Gasteiger partial charge is 0.220 e. The Kier molecular flexibility index (Phi) is 4.79. The van der Waals surface area contributed by atoms with E-state index in [4.69, 9.17) is 5.11 Å². The Morgan fingerprint density at radius 3 is 2.95 bits per heavy atom. The van der Waals surface area contributed by atoms with Gasteiger partial charge in [-0.15, -0.1) is 0 Å². The summed E-state index contributed by atoms with van der Waals surface area (Å²) in [5.74, 6) is -0.00657. The lowest BCUT2D eigenvalue weighted by Crippen LogP contribution is -2.36. The van der Waals surface area contributed by atoms with Crippen molar-refractivity contribution in [1.29, 1.82) is 0 Å². The van der Waals surface area contributed by atoms with E-state index in [1.807, 2.05) is 13.1 Å². The molecule has 0 aliphatic heterocycles. The zero-order chi connectivity index (χ0) is 14.5. The molecule has 0 aliphatic carbocycles. The van der Waals surface area contributed by atoms with Crippen LogP contribution in [0, 0.1) is 6.92 Å². The number of hydrogen-bond acceptors (Lipinski definition) is 2. The zero-order valence-electron chi connectivity index (χ0n) is 12.1. The number of aliphatic hydroxyl groups excluding tert-OH is 1. The summed E-state index contributed by atoms with van der Waals surface area (Å²) < 4.78 is 0. The molecule has 0 spiro atoms. The van der Waals surface area contributed by atoms with Crippen molar-refractivity contribution in [1.82, 2.24) is 10.3 Å². The number of nitrogens with one attached hydrogen (secondary N) is 2. The first kappa shape index (κ1) is 14.6. The van der Waals surface area contributed by atoms with Gasteiger partial charge in [-0.3, -0.25) is 4.79 Å². The molecule has 1 heterocycles. The van der Waals surface area contributed by atoms with E-state index in [9.17, 15) is 4.79 Å². The molecule has 1 atom stereocenters. The fourth-order valence-electron chi connectivity index (χ4n) is 2.32. The number of aryl methyl sites for hydroxylation is 2. The van der Waals surface area contributed by atoms with Gasteiger partial charge in [-0.2, -0.15) is 0 Å². The maximum absolute atomic E-state index is 11.8. The second-order valence-corrected chi connectivity index (χ2v) is 5.22. The largest absolute Gasteiger partial charge is 0.394 e. The first-order valence-corrected chi connectivity index (χ1v) is 7.11. The Labute approximate surface area is 119 Å². The normalized spacial score (nSPS) is 12.6. The van der Waals surface area contributed by atoms with Crippen LogP contribution in [0.3, 0.4) is 0 Å². The molecule has 1 aromatic heterocycles. The topological polar surface area (TPSA) is 65.1 Å². The molecule has 20 heavy (non-hydrogen) atoms. The molecular weight excluding hydrogens is 252 g/mol. The predicted molar refractivity (Wildman–Crippen MR) is 80.7 cm³/mol. The molecule has 1 amide bonds. The van der Waals surface area contributed by atoms with E-state index >= 15 is 0 Å². The highest BCUT2D eigenvalue weighted by Crippen LogP contribution is 2.20. The molecule has 4 heteroatoms. The molecule has 0 fully saturated rings. The minimum atomic E-state index is -0.132. The second-order valence-electron chi connectivity index (χ2n) is 5.22. The summed E-state index contributed by atoms with van der Waals surface area (Å²) in [7, 11) is 0. The fourth-order valence-corrected chi connectivity index (χ4v) is 2.32. The Morgan fingerprint density at radius 1 is 1.45 bits per heavy atom. The van der Waals surface area contributed by atoms with Crippen LogP contribution in [0.1, 0.15) is 30.9 Å². The Hall–Kier alpha value is -1.81. The van der Waals surface area contributed by atoms with Gasteiger partial charge in [0.1, 0.15) is 0 Å². The summed E-state index contributed by atoms with van der Waals surface area (Å²) in [4.78, 5) is 15.1. The van der Waals surface area contributed by atoms with Crippen LogP contribution in [0.2, 0.25) is 0 Å². The molecule has 1 aromatic carbocycles. The molecule has 0 aliphatic rings. The number of hydrogen-bond donors (Lipinski definition) is 3. The van der Waals surface area contributed by atoms with E-state index in [0.29, 0.717) is 12.8 Å². The molecule has 0 radical (unpaired) electrons. The first-order valence-electron chi connectivity index (χ1n) is 7.11. The van der Waals surface area contributed by atoms with Crippen molar-refractivity contribution in [2.45, 2.75) is 39.2 Å². The van der Waals surface area contributed by atoms with Gasteiger partial charge in [-0.1, -0.05) is 18.6 Å². The van der Waals surface area contributed by atoms with Gasteiger partial charge in [-0.05, 0) is 37.5 Å². The SMILES string of the molecule is CCC(CO)NC(=O)CCc1c[nH]c2ccc(C)cc12. The van der Waals surface area contributed by atoms with Crippen LogP contribution < -0.4 is 5.32 Å². The van der Waals surface area contributed by atoms with Crippen molar-refractivity contribution in [3.05, 3.63) is 35.5 Å². The average molecular weight is 274 g/mol. The lowest BCUT2D eigenvalue weighted by molar-refractivity contribution is -0.122. The quantitative estimate of drug-likeness (QED) is 0.756. The molecular formula is C16H22N2O2. The highest BCUT2D eigenvalue weighted by atomic mass is 16.3. The predicted octanol–water partition coefficient (Wildman–Crippen LogP) is 2.30. The number of rotatable bonds is 6. The molecule has 2 aromatic rings. The maximum atomic E-state index is 11.8. The number of fused-ring (bicyclic) bond motifs is 1. The summed E-state index contributed by atoms with van der Waals surface area (Å²) in [6.45, 7) is 4.01. The van der Waals surface area contributed by atoms with Gasteiger partial charge < -0.3 is 15.4 Å². The van der Waals surface area contributed by atoms with Crippen LogP contribution in [0.5, 0.6) is 0 Å². The van der Waals surface area contributed by atoms with Crippen molar-refractivity contribution in [3.8, 4) is 0 Å². The summed E-state index contributed by atoms with van der Waals surface area (Å²) in [6, 6.07) is 6.14. The third-order valence-electron chi connectivity index (χ3n) is 3.62. The van der Waals surface area contributed by atoms with Crippen LogP contribution in [0.4, 0.5) is 0 Å². The van der Waals surface area contributed by atoms with Gasteiger partial charge in [0, 0.05) is 23.5 Å². The van der Waals surface area contributed by atoms with E-state index in [1.54, 1.807) is 0 Å². The van der Waals surface area contributed by atoms with E-state index in [0.717, 1.165) is 17.5 Å². The maximum Gasteiger partial charge on any atom is 0.220 e. The number of carbonyl (C=O) groups is 1. The lowest BCUT2D eigenvalue weighted by atomic mass is 10.1.